The summed E-state index contributed by atoms with van der Waals surface area (Å²) in [5, 5.41) is 15.0. The molecule has 232 valence electrons. The molecule has 0 bridgehead atoms. The molecule has 2 atom stereocenters. The van der Waals surface area contributed by atoms with Crippen LogP contribution in [0.25, 0.3) is 21.5 Å². The Morgan fingerprint density at radius 3 is 2.67 bits per heavy atom. The van der Waals surface area contributed by atoms with Crippen LogP contribution in [0.15, 0.2) is 66.7 Å². The number of aliphatic hydroxyl groups is 1. The van der Waals surface area contributed by atoms with Crippen LogP contribution in [0, 0.1) is 11.7 Å². The third-order valence-electron chi connectivity index (χ3n) is 8.47. The van der Waals surface area contributed by atoms with Crippen LogP contribution in [-0.4, -0.2) is 57.0 Å². The normalized spacial score (nSPS) is 19.2. The van der Waals surface area contributed by atoms with Gasteiger partial charge in [0.2, 0.25) is 5.54 Å². The molecule has 2 N–H and O–H groups in total. The highest BCUT2D eigenvalue weighted by Gasteiger charge is 2.63. The van der Waals surface area contributed by atoms with Crippen molar-refractivity contribution in [3.05, 3.63) is 89.3 Å². The Morgan fingerprint density at radius 1 is 1.22 bits per heavy atom. The first kappa shape index (κ1) is 29.2. The number of nitrogens with one attached hydrogen (secondary N) is 1. The summed E-state index contributed by atoms with van der Waals surface area (Å²) < 4.78 is 72.0. The molecule has 2 aliphatic rings. The number of methoxy groups -OCH3 is 1. The van der Waals surface area contributed by atoms with E-state index in [0.717, 1.165) is 15.6 Å². The molecule has 3 aromatic heterocycles. The summed E-state index contributed by atoms with van der Waals surface area (Å²) in [6.07, 6.45) is -0.211. The van der Waals surface area contributed by atoms with Gasteiger partial charge in [-0.1, -0.05) is 0 Å². The van der Waals surface area contributed by atoms with Crippen LogP contribution >= 0.6 is 11.3 Å². The smallest absolute Gasteiger partial charge is 0.419 e. The van der Waals surface area contributed by atoms with Crippen molar-refractivity contribution < 1.29 is 36.9 Å². The van der Waals surface area contributed by atoms with E-state index in [2.05, 4.69) is 20.3 Å². The highest BCUT2D eigenvalue weighted by Crippen LogP contribution is 2.54. The van der Waals surface area contributed by atoms with Gasteiger partial charge >= 0.3 is 6.18 Å². The van der Waals surface area contributed by atoms with Gasteiger partial charge in [-0.25, -0.2) is 19.3 Å². The van der Waals surface area contributed by atoms with E-state index in [9.17, 15) is 14.3 Å². The summed E-state index contributed by atoms with van der Waals surface area (Å²) in [7, 11) is 1.47. The third kappa shape index (κ3) is 4.70. The number of hydrogen-bond donors (Lipinski definition) is 2. The van der Waals surface area contributed by atoms with Gasteiger partial charge in [-0.15, -0.1) is 11.3 Å². The van der Waals surface area contributed by atoms with Gasteiger partial charge in [0.1, 0.15) is 35.0 Å². The first-order valence-corrected chi connectivity index (χ1v) is 14.8. The lowest BCUT2D eigenvalue weighted by Gasteiger charge is -2.33. The fourth-order valence-corrected chi connectivity index (χ4v) is 6.62. The predicted molar refractivity (Wildman–Crippen MR) is 156 cm³/mol. The molecule has 1 aliphatic carbocycles. The highest BCUT2D eigenvalue weighted by atomic mass is 32.1. The molecule has 1 aliphatic heterocycles. The molecular formula is C31H25F4N5O4S. The number of pyridine rings is 1. The number of carbonyl (C=O) groups excluding carboxylic acids is 1. The zero-order valence-electron chi connectivity index (χ0n) is 23.6. The van der Waals surface area contributed by atoms with Crippen molar-refractivity contribution in [3.63, 3.8) is 0 Å². The van der Waals surface area contributed by atoms with E-state index in [4.69, 9.17) is 9.47 Å². The number of fused-ring (bicyclic) bond motifs is 2. The number of nitrogens with zero attached hydrogens (tertiary/aromatic N) is 4. The number of amides is 1. The van der Waals surface area contributed by atoms with Crippen LogP contribution in [0.2, 0.25) is 0 Å². The molecule has 4 heterocycles. The van der Waals surface area contributed by atoms with E-state index >= 15 is 13.2 Å². The summed E-state index contributed by atoms with van der Waals surface area (Å²) in [6, 6.07) is 9.50. The Bertz CT molecular complexity index is 1910. The number of aromatic nitrogens is 4. The third-order valence-corrected chi connectivity index (χ3v) is 9.25. The topological polar surface area (TPSA) is 111 Å². The minimum atomic E-state index is -4.85. The van der Waals surface area contributed by atoms with Gasteiger partial charge in [0, 0.05) is 29.1 Å². The van der Waals surface area contributed by atoms with Gasteiger partial charge in [0.15, 0.2) is 5.75 Å². The van der Waals surface area contributed by atoms with E-state index in [1.54, 1.807) is 11.6 Å². The van der Waals surface area contributed by atoms with Crippen molar-refractivity contribution in [3.8, 4) is 22.8 Å². The lowest BCUT2D eigenvalue weighted by molar-refractivity contribution is -0.202. The Morgan fingerprint density at radius 2 is 2.00 bits per heavy atom. The van der Waals surface area contributed by atoms with Crippen molar-refractivity contribution in [1.29, 1.82) is 0 Å². The molecule has 14 heteroatoms. The predicted octanol–water partition coefficient (Wildman–Crippen LogP) is 5.43. The molecule has 1 amide bonds. The van der Waals surface area contributed by atoms with E-state index in [1.165, 1.54) is 67.2 Å². The van der Waals surface area contributed by atoms with Gasteiger partial charge in [0.25, 0.3) is 5.91 Å². The Kier molecular flexibility index (Phi) is 6.82. The molecule has 5 aromatic rings. The molecule has 7 rings (SSSR count). The molecule has 9 nitrogen and oxygen atoms in total. The minimum absolute atomic E-state index is 0.0134. The van der Waals surface area contributed by atoms with Gasteiger partial charge in [-0.2, -0.15) is 13.2 Å². The van der Waals surface area contributed by atoms with Crippen LogP contribution in [-0.2, 0) is 11.1 Å². The van der Waals surface area contributed by atoms with Crippen LogP contribution in [0.1, 0.15) is 34.5 Å². The average Bonchev–Trinajstić information content (AvgIpc) is 3.38. The number of hydrogen-bond acceptors (Lipinski definition) is 8. The number of halogens is 4. The van der Waals surface area contributed by atoms with Crippen LogP contribution in [0.3, 0.4) is 0 Å². The Hall–Kier alpha value is -4.56. The Balaban J connectivity index is 1.34. The zero-order chi connectivity index (χ0) is 31.6. The number of rotatable bonds is 8. The van der Waals surface area contributed by atoms with Gasteiger partial charge < -0.3 is 24.5 Å². The standard InChI is InChI=1S/C31H25F4N5O4S/c1-43-22-10-18(11-23-26(22)38-16-45-23)28(41)37-13-29(42,19-4-5-19)24-12-21-27(25(39-24)17-2-6-20(32)7-3-17)44-14-30(21,31(33,34)35)40-9-8-36-15-40/h2-3,6-12,15-16,19,42H,4-5,13-14H2,1H3,(H,37,41)/t29?,30-/m0/s1. The number of carbonyl (C=O) groups is 1. The maximum Gasteiger partial charge on any atom is 0.419 e. The first-order valence-electron chi connectivity index (χ1n) is 14.0. The van der Waals surface area contributed by atoms with Gasteiger partial charge in [-0.05, 0) is 61.2 Å². The maximum absolute atomic E-state index is 15.1. The molecule has 0 saturated heterocycles. The fourth-order valence-electron chi connectivity index (χ4n) is 5.89. The lowest BCUT2D eigenvalue weighted by Crippen LogP contribution is -2.50. The minimum Gasteiger partial charge on any atom is -0.494 e. The Labute approximate surface area is 257 Å². The largest absolute Gasteiger partial charge is 0.494 e. The summed E-state index contributed by atoms with van der Waals surface area (Å²) in [4.78, 5) is 26.1. The second-order valence-corrected chi connectivity index (χ2v) is 12.0. The first-order chi connectivity index (χ1) is 21.5. The quantitative estimate of drug-likeness (QED) is 0.218. The van der Waals surface area contributed by atoms with E-state index in [1.807, 2.05) is 0 Å². The number of ether oxygens (including phenoxy) is 2. The van der Waals surface area contributed by atoms with Crippen LogP contribution in [0.4, 0.5) is 17.6 Å². The summed E-state index contributed by atoms with van der Waals surface area (Å²) in [5.41, 5.74) is -2.05. The van der Waals surface area contributed by atoms with Gasteiger partial charge in [0.05, 0.1) is 35.9 Å². The molecule has 1 unspecified atom stereocenters. The molecular weight excluding hydrogens is 614 g/mol. The summed E-state index contributed by atoms with van der Waals surface area (Å²) in [5.74, 6) is -1.18. The van der Waals surface area contributed by atoms with Crippen molar-refractivity contribution >= 4 is 27.5 Å². The zero-order valence-corrected chi connectivity index (χ0v) is 24.5. The van der Waals surface area contributed by atoms with Crippen molar-refractivity contribution in [2.75, 3.05) is 20.3 Å². The van der Waals surface area contributed by atoms with E-state index in [0.29, 0.717) is 29.7 Å². The fraction of sp³-hybridized carbons (Fsp3) is 0.290. The van der Waals surface area contributed by atoms with Crippen LogP contribution < -0.4 is 14.8 Å². The molecule has 1 fully saturated rings. The summed E-state index contributed by atoms with van der Waals surface area (Å²) in [6.45, 7) is -1.14. The van der Waals surface area contributed by atoms with Crippen molar-refractivity contribution in [2.45, 2.75) is 30.2 Å². The van der Waals surface area contributed by atoms with E-state index in [-0.39, 0.29) is 34.8 Å². The molecule has 1 saturated carbocycles. The average molecular weight is 640 g/mol. The number of thiazole rings is 1. The molecule has 0 radical (unpaired) electrons. The molecule has 0 spiro atoms. The SMILES string of the molecule is COc1cc(C(=O)NCC(O)(c2cc3c(c(-c4ccc(F)cc4)n2)OC[C@@]3(n2ccnc2)C(F)(F)F)C2CC2)cc2scnc12. The number of alkyl halides is 3. The van der Waals surface area contributed by atoms with Crippen LogP contribution in [0.5, 0.6) is 11.5 Å². The van der Waals surface area contributed by atoms with Crippen molar-refractivity contribution in [1.82, 2.24) is 24.8 Å². The second-order valence-electron chi connectivity index (χ2n) is 11.1. The maximum atomic E-state index is 15.1. The number of benzene rings is 2. The molecule has 2 aromatic carbocycles. The summed E-state index contributed by atoms with van der Waals surface area (Å²) >= 11 is 1.33. The lowest BCUT2D eigenvalue weighted by atomic mass is 9.85. The number of imidazole rings is 1. The second kappa shape index (κ2) is 10.5. The van der Waals surface area contributed by atoms with Crippen molar-refractivity contribution in [2.24, 2.45) is 5.92 Å². The van der Waals surface area contributed by atoms with E-state index < -0.39 is 41.6 Å². The monoisotopic (exact) mass is 639 g/mol. The van der Waals surface area contributed by atoms with Gasteiger partial charge in [-0.3, -0.25) is 4.79 Å². The molecule has 45 heavy (non-hydrogen) atoms. The highest BCUT2D eigenvalue weighted by molar-refractivity contribution is 7.16.